The molecule has 0 fully saturated rings. The van der Waals surface area contributed by atoms with E-state index in [4.69, 9.17) is 0 Å². The van der Waals surface area contributed by atoms with Crippen LogP contribution in [0.2, 0.25) is 0 Å². The van der Waals surface area contributed by atoms with E-state index in [1.54, 1.807) is 0 Å². The monoisotopic (exact) mass is 3420 g/mol. The van der Waals surface area contributed by atoms with Crippen molar-refractivity contribution in [1.82, 2.24) is 0 Å². The summed E-state index contributed by atoms with van der Waals surface area (Å²) in [6, 6.07) is 0. The molecule has 0 rings (SSSR count). The van der Waals surface area contributed by atoms with Crippen molar-refractivity contribution in [1.29, 1.82) is 0 Å². The summed E-state index contributed by atoms with van der Waals surface area (Å²) in [7, 11) is 0. The van der Waals surface area contributed by atoms with Gasteiger partial charge in [0, 0.05) is 973 Å². The van der Waals surface area contributed by atoms with Crippen LogP contribution in [0.25, 0.3) is 0 Å². The normalized spacial score (nSPS) is 0. The van der Waals surface area contributed by atoms with Crippen molar-refractivity contribution >= 4 is 0 Å². The summed E-state index contributed by atoms with van der Waals surface area (Å²) in [5, 5.41) is 0. The fraction of sp³-hybridized carbons (Fsp3) is 0. The number of rotatable bonds is 0. The Morgan fingerprint density at radius 3 is 0.0172 bits per heavy atom. The van der Waals surface area contributed by atoms with Crippen molar-refractivity contribution in [3.05, 3.63) is 0 Å². The van der Waals surface area contributed by atoms with Crippen LogP contribution in [0.5, 0.6) is 0 Å². The molecule has 0 N–H and O–H groups in total. The third kappa shape index (κ3) is 704. The van der Waals surface area contributed by atoms with E-state index >= 15 is 0 Å². The molecule has 0 saturated carbocycles. The molecular formula is Co58. The number of hydrogen-bond donors (Lipinski definition) is 0. The van der Waals surface area contributed by atoms with E-state index in [1.807, 2.05) is 0 Å². The van der Waals surface area contributed by atoms with Crippen LogP contribution in [0.1, 0.15) is 0 Å². The first-order valence-corrected chi connectivity index (χ1v) is 0. The van der Waals surface area contributed by atoms with E-state index in [2.05, 4.69) is 0 Å². The molecular weight excluding hydrogens is 3420 g/mol. The molecule has 0 aromatic heterocycles. The minimum Gasteiger partial charge on any atom is 0 e. The summed E-state index contributed by atoms with van der Waals surface area (Å²) < 4.78 is 0. The first-order chi connectivity index (χ1) is 0. The van der Waals surface area contributed by atoms with Gasteiger partial charge in [0.15, 0.2) is 0 Å². The molecule has 0 atom stereocenters. The Morgan fingerprint density at radius 2 is 0.0172 bits per heavy atom. The summed E-state index contributed by atoms with van der Waals surface area (Å²) in [4.78, 5) is 0. The molecule has 58 heavy (non-hydrogen) atoms. The van der Waals surface area contributed by atoms with Gasteiger partial charge in [-0.3, -0.25) is 0 Å². The Morgan fingerprint density at radius 1 is 0.0172 bits per heavy atom. The maximum absolute atomic E-state index is 0. The third-order valence-corrected chi connectivity index (χ3v) is 0. The van der Waals surface area contributed by atoms with Gasteiger partial charge in [-0.1, -0.05) is 0 Å². The SMILES string of the molecule is [Co].[Co].[Co].[Co].[Co].[Co].[Co].[Co].[Co].[Co].[Co].[Co].[Co].[Co].[Co].[Co].[Co].[Co].[Co].[Co].[Co].[Co].[Co].[Co].[Co].[Co].[Co].[Co].[Co].[Co].[Co].[Co].[Co].[Co].[Co].[Co].[Co].[Co].[Co].[Co].[Co].[Co].[Co].[Co].[Co].[Co].[Co].[Co].[Co].[Co].[Co].[Co].[Co].[Co].[Co].[Co].[Co].[Co]. The van der Waals surface area contributed by atoms with Crippen molar-refractivity contribution in [3.63, 3.8) is 0 Å². The van der Waals surface area contributed by atoms with Crippen LogP contribution in [0, 0.1) is 0 Å². The molecule has 0 aliphatic heterocycles. The zero-order chi connectivity index (χ0) is 0. The van der Waals surface area contributed by atoms with Gasteiger partial charge in [0.2, 0.25) is 0 Å². The van der Waals surface area contributed by atoms with Crippen molar-refractivity contribution < 1.29 is 973 Å². The Hall–Kier alpha value is 29.4. The van der Waals surface area contributed by atoms with E-state index in [0.717, 1.165) is 0 Å². The Bertz CT molecular complexity index is 0. The second-order valence-electron chi connectivity index (χ2n) is 0. The molecule has 0 bridgehead atoms. The van der Waals surface area contributed by atoms with Crippen LogP contribution in [-0.2, 0) is 973 Å². The Kier molecular flexibility index (Phi) is 9500. The molecule has 0 nitrogen and oxygen atoms in total. The molecule has 0 amide bonds. The van der Waals surface area contributed by atoms with Crippen LogP contribution in [0.3, 0.4) is 0 Å². The summed E-state index contributed by atoms with van der Waals surface area (Å²) in [6.45, 7) is 0. The second kappa shape index (κ2) is 730. The molecule has 0 aromatic carbocycles. The average molecular weight is 3420 g/mol. The maximum atomic E-state index is 0. The van der Waals surface area contributed by atoms with Crippen LogP contribution in [-0.4, -0.2) is 0 Å². The van der Waals surface area contributed by atoms with Crippen LogP contribution >= 0.6 is 0 Å². The predicted octanol–water partition coefficient (Wildman–Crippen LogP) is -0.145. The van der Waals surface area contributed by atoms with E-state index in [9.17, 15) is 0 Å². The molecule has 522 valence electrons. The van der Waals surface area contributed by atoms with Gasteiger partial charge in [0.25, 0.3) is 0 Å². The van der Waals surface area contributed by atoms with Crippen LogP contribution < -0.4 is 0 Å². The van der Waals surface area contributed by atoms with Gasteiger partial charge >= 0.3 is 0 Å². The first kappa shape index (κ1) is 755. The molecule has 58 heteroatoms. The molecule has 0 spiro atoms. The van der Waals surface area contributed by atoms with Gasteiger partial charge in [0.1, 0.15) is 0 Å². The zero-order valence-corrected chi connectivity index (χ0v) is 79.7. The fourth-order valence-electron chi connectivity index (χ4n) is 0. The van der Waals surface area contributed by atoms with Gasteiger partial charge < -0.3 is 0 Å². The van der Waals surface area contributed by atoms with Gasteiger partial charge in [-0.15, -0.1) is 0 Å². The minimum absolute atomic E-state index is 0. The summed E-state index contributed by atoms with van der Waals surface area (Å²) in [6.07, 6.45) is 0. The van der Waals surface area contributed by atoms with E-state index in [1.165, 1.54) is 0 Å². The fourth-order valence-corrected chi connectivity index (χ4v) is 0. The third-order valence-electron chi connectivity index (χ3n) is 0. The summed E-state index contributed by atoms with van der Waals surface area (Å²) >= 11 is 0. The molecule has 0 aliphatic rings. The standard InChI is InChI=1S/58Co. The van der Waals surface area contributed by atoms with Gasteiger partial charge in [0.05, 0.1) is 0 Å². The smallest absolute Gasteiger partial charge is 0 e. The van der Waals surface area contributed by atoms with E-state index < -0.39 is 0 Å². The van der Waals surface area contributed by atoms with Gasteiger partial charge in [-0.2, -0.15) is 0 Å². The van der Waals surface area contributed by atoms with Crippen molar-refractivity contribution in [3.8, 4) is 0 Å². The first-order valence-electron chi connectivity index (χ1n) is 0. The van der Waals surface area contributed by atoms with Crippen LogP contribution in [0.15, 0.2) is 0 Å². The molecule has 0 unspecified atom stereocenters. The molecule has 58 radical (unpaired) electrons. The maximum Gasteiger partial charge on any atom is 0 e. The quantitative estimate of drug-likeness (QED) is 0.318. The minimum atomic E-state index is 0. The Balaban J connectivity index is 0. The topological polar surface area (TPSA) is 0 Å². The van der Waals surface area contributed by atoms with Crippen molar-refractivity contribution in [2.24, 2.45) is 0 Å². The zero-order valence-electron chi connectivity index (χ0n) is 19.3. The number of hydrogen-bond acceptors (Lipinski definition) is 0. The van der Waals surface area contributed by atoms with Gasteiger partial charge in [-0.05, 0) is 0 Å². The molecule has 0 aromatic rings. The van der Waals surface area contributed by atoms with Gasteiger partial charge in [-0.25, -0.2) is 0 Å². The summed E-state index contributed by atoms with van der Waals surface area (Å²) in [5.74, 6) is 0. The predicted molar refractivity (Wildman–Crippen MR) is 0 cm³/mol. The summed E-state index contributed by atoms with van der Waals surface area (Å²) in [5.41, 5.74) is 0. The van der Waals surface area contributed by atoms with Crippen LogP contribution in [0.4, 0.5) is 0 Å². The Labute approximate surface area is 948 Å². The molecule has 0 saturated heterocycles. The van der Waals surface area contributed by atoms with E-state index in [-0.39, 0.29) is 973 Å². The largest absolute Gasteiger partial charge is 0 e. The molecule has 0 aliphatic carbocycles. The second-order valence-corrected chi connectivity index (χ2v) is 0. The van der Waals surface area contributed by atoms with Crippen molar-refractivity contribution in [2.45, 2.75) is 0 Å². The van der Waals surface area contributed by atoms with Crippen molar-refractivity contribution in [2.75, 3.05) is 0 Å². The molecule has 0 heterocycles. The average Bonchev–Trinajstić information content (AvgIpc) is 0. The van der Waals surface area contributed by atoms with E-state index in [0.29, 0.717) is 0 Å².